The quantitative estimate of drug-likeness (QED) is 0.573. The van der Waals surface area contributed by atoms with Crippen LogP contribution in [0.5, 0.6) is 5.88 Å². The predicted octanol–water partition coefficient (Wildman–Crippen LogP) is 4.27. The van der Waals surface area contributed by atoms with Crippen molar-refractivity contribution in [3.8, 4) is 5.88 Å². The highest BCUT2D eigenvalue weighted by Gasteiger charge is 2.37. The molecular formula is C17H31NO3Si. The van der Waals surface area contributed by atoms with Crippen LogP contribution in [-0.4, -0.2) is 25.0 Å². The van der Waals surface area contributed by atoms with E-state index in [0.29, 0.717) is 19.1 Å². The van der Waals surface area contributed by atoms with Crippen molar-refractivity contribution in [1.29, 1.82) is 0 Å². The molecule has 126 valence electrons. The molecule has 0 unspecified atom stereocenters. The zero-order chi connectivity index (χ0) is 16.8. The van der Waals surface area contributed by atoms with Gasteiger partial charge >= 0.3 is 0 Å². The largest absolute Gasteiger partial charge is 0.477 e. The van der Waals surface area contributed by atoms with Crippen LogP contribution >= 0.6 is 0 Å². The topological polar surface area (TPSA) is 51.6 Å². The fourth-order valence-corrected chi connectivity index (χ4v) is 2.68. The van der Waals surface area contributed by atoms with Crippen molar-refractivity contribution in [3.05, 3.63) is 23.4 Å². The molecule has 0 atom stereocenters. The van der Waals surface area contributed by atoms with Crippen molar-refractivity contribution in [2.75, 3.05) is 6.61 Å². The molecular weight excluding hydrogens is 294 g/mol. The zero-order valence-electron chi connectivity index (χ0n) is 14.9. The van der Waals surface area contributed by atoms with E-state index < -0.39 is 8.32 Å². The number of hydrogen-bond donors (Lipinski definition) is 1. The van der Waals surface area contributed by atoms with Gasteiger partial charge in [0.25, 0.3) is 0 Å². The van der Waals surface area contributed by atoms with Crippen molar-refractivity contribution in [3.63, 3.8) is 0 Å². The number of rotatable bonds is 8. The molecule has 1 aromatic heterocycles. The van der Waals surface area contributed by atoms with E-state index in [2.05, 4.69) is 45.8 Å². The Balaban J connectivity index is 2.84. The summed E-state index contributed by atoms with van der Waals surface area (Å²) in [5.74, 6) is 0.535. The SMILES string of the molecule is CCCCOc1nccc(CO[Si](C)(C)C(C)(C)C)c1CO. The van der Waals surface area contributed by atoms with Gasteiger partial charge in [0.15, 0.2) is 8.32 Å². The van der Waals surface area contributed by atoms with Crippen molar-refractivity contribution in [2.24, 2.45) is 0 Å². The molecule has 0 bridgehead atoms. The molecule has 0 spiro atoms. The van der Waals surface area contributed by atoms with E-state index >= 15 is 0 Å². The molecule has 0 aromatic carbocycles. The molecule has 1 N–H and O–H groups in total. The molecule has 0 saturated heterocycles. The normalized spacial score (nSPS) is 12.5. The van der Waals surface area contributed by atoms with E-state index in [4.69, 9.17) is 9.16 Å². The summed E-state index contributed by atoms with van der Waals surface area (Å²) in [7, 11) is -1.81. The van der Waals surface area contributed by atoms with Gasteiger partial charge in [-0.15, -0.1) is 0 Å². The van der Waals surface area contributed by atoms with Crippen LogP contribution in [0, 0.1) is 0 Å². The van der Waals surface area contributed by atoms with Gasteiger partial charge in [0.2, 0.25) is 5.88 Å². The number of aliphatic hydroxyl groups is 1. The smallest absolute Gasteiger partial charge is 0.219 e. The van der Waals surface area contributed by atoms with Crippen LogP contribution in [0.4, 0.5) is 0 Å². The second-order valence-corrected chi connectivity index (χ2v) is 12.0. The summed E-state index contributed by atoms with van der Waals surface area (Å²) in [4.78, 5) is 4.25. The summed E-state index contributed by atoms with van der Waals surface area (Å²) < 4.78 is 11.9. The van der Waals surface area contributed by atoms with Gasteiger partial charge in [0.05, 0.1) is 19.8 Å². The number of unbranched alkanes of at least 4 members (excludes halogenated alkanes) is 1. The molecule has 4 nitrogen and oxygen atoms in total. The number of pyridine rings is 1. The Morgan fingerprint density at radius 3 is 2.50 bits per heavy atom. The van der Waals surface area contributed by atoms with Crippen LogP contribution in [-0.2, 0) is 17.6 Å². The summed E-state index contributed by atoms with van der Waals surface area (Å²) in [5, 5.41) is 9.85. The van der Waals surface area contributed by atoms with Gasteiger partial charge in [-0.25, -0.2) is 4.98 Å². The fraction of sp³-hybridized carbons (Fsp3) is 0.706. The van der Waals surface area contributed by atoms with E-state index in [0.717, 1.165) is 24.0 Å². The highest BCUT2D eigenvalue weighted by molar-refractivity contribution is 6.74. The summed E-state index contributed by atoms with van der Waals surface area (Å²) >= 11 is 0. The molecule has 1 heterocycles. The summed E-state index contributed by atoms with van der Waals surface area (Å²) in [6.07, 6.45) is 3.78. The molecule has 0 fully saturated rings. The maximum absolute atomic E-state index is 9.68. The van der Waals surface area contributed by atoms with Crippen LogP contribution < -0.4 is 4.74 Å². The van der Waals surface area contributed by atoms with Crippen molar-refractivity contribution in [1.82, 2.24) is 4.98 Å². The van der Waals surface area contributed by atoms with Crippen molar-refractivity contribution in [2.45, 2.75) is 71.9 Å². The first-order chi connectivity index (χ1) is 10.2. The van der Waals surface area contributed by atoms with Crippen LogP contribution in [0.1, 0.15) is 51.7 Å². The van der Waals surface area contributed by atoms with Crippen LogP contribution in [0.15, 0.2) is 12.3 Å². The van der Waals surface area contributed by atoms with Crippen LogP contribution in [0.3, 0.4) is 0 Å². The number of nitrogens with zero attached hydrogens (tertiary/aromatic N) is 1. The molecule has 1 aromatic rings. The lowest BCUT2D eigenvalue weighted by atomic mass is 10.1. The molecule has 1 rings (SSSR count). The van der Waals surface area contributed by atoms with Crippen LogP contribution in [0.25, 0.3) is 0 Å². The first-order valence-corrected chi connectivity index (χ1v) is 11.0. The van der Waals surface area contributed by atoms with Gasteiger partial charge in [0, 0.05) is 11.8 Å². The van der Waals surface area contributed by atoms with E-state index in [-0.39, 0.29) is 11.6 Å². The third-order valence-corrected chi connectivity index (χ3v) is 8.88. The van der Waals surface area contributed by atoms with Crippen molar-refractivity contribution >= 4 is 8.32 Å². The Labute approximate surface area is 136 Å². The number of aromatic nitrogens is 1. The first-order valence-electron chi connectivity index (χ1n) is 8.07. The molecule has 5 heteroatoms. The zero-order valence-corrected chi connectivity index (χ0v) is 15.9. The van der Waals surface area contributed by atoms with E-state index in [9.17, 15) is 5.11 Å². The van der Waals surface area contributed by atoms with Gasteiger partial charge in [-0.05, 0) is 36.2 Å². The lowest BCUT2D eigenvalue weighted by Gasteiger charge is -2.36. The minimum atomic E-state index is -1.81. The lowest BCUT2D eigenvalue weighted by molar-refractivity contribution is 0.241. The van der Waals surface area contributed by atoms with E-state index in [1.807, 2.05) is 6.07 Å². The molecule has 0 aliphatic carbocycles. The third kappa shape index (κ3) is 5.07. The minimum absolute atomic E-state index is 0.0779. The fourth-order valence-electron chi connectivity index (χ4n) is 1.73. The van der Waals surface area contributed by atoms with E-state index in [1.165, 1.54) is 0 Å². The predicted molar refractivity (Wildman–Crippen MR) is 92.5 cm³/mol. The van der Waals surface area contributed by atoms with Gasteiger partial charge < -0.3 is 14.3 Å². The summed E-state index contributed by atoms with van der Waals surface area (Å²) in [6.45, 7) is 14.3. The third-order valence-electron chi connectivity index (χ3n) is 4.40. The second kappa shape index (κ2) is 8.08. The maximum atomic E-state index is 9.68. The maximum Gasteiger partial charge on any atom is 0.219 e. The first kappa shape index (κ1) is 19.1. The number of aliphatic hydroxyl groups excluding tert-OH is 1. The highest BCUT2D eigenvalue weighted by atomic mass is 28.4. The minimum Gasteiger partial charge on any atom is -0.477 e. The molecule has 0 aliphatic rings. The molecule has 22 heavy (non-hydrogen) atoms. The van der Waals surface area contributed by atoms with E-state index in [1.54, 1.807) is 6.20 Å². The molecule has 0 aliphatic heterocycles. The molecule has 0 saturated carbocycles. The Bertz CT molecular complexity index is 469. The van der Waals surface area contributed by atoms with Gasteiger partial charge in [0.1, 0.15) is 0 Å². The van der Waals surface area contributed by atoms with Crippen LogP contribution in [0.2, 0.25) is 18.1 Å². The Morgan fingerprint density at radius 1 is 1.27 bits per heavy atom. The summed E-state index contributed by atoms with van der Waals surface area (Å²) in [5.41, 5.74) is 1.71. The van der Waals surface area contributed by atoms with Gasteiger partial charge in [-0.3, -0.25) is 0 Å². The average molecular weight is 326 g/mol. The average Bonchev–Trinajstić information content (AvgIpc) is 2.44. The molecule has 0 radical (unpaired) electrons. The Hall–Kier alpha value is -0.913. The lowest BCUT2D eigenvalue weighted by Crippen LogP contribution is -2.40. The highest BCUT2D eigenvalue weighted by Crippen LogP contribution is 2.37. The monoisotopic (exact) mass is 325 g/mol. The van der Waals surface area contributed by atoms with Gasteiger partial charge in [-0.2, -0.15) is 0 Å². The Kier molecular flexibility index (Phi) is 7.03. The standard InChI is InChI=1S/C17H31NO3Si/c1-7-8-11-20-16-15(12-19)14(9-10-18-16)13-21-22(5,6)17(2,3)4/h9-10,19H,7-8,11-13H2,1-6H3. The number of hydrogen-bond acceptors (Lipinski definition) is 4. The molecule has 0 amide bonds. The number of ether oxygens (including phenoxy) is 1. The van der Waals surface area contributed by atoms with Gasteiger partial charge in [-0.1, -0.05) is 34.1 Å². The van der Waals surface area contributed by atoms with Crippen molar-refractivity contribution < 1.29 is 14.3 Å². The summed E-state index contributed by atoms with van der Waals surface area (Å²) in [6, 6.07) is 1.91. The Morgan fingerprint density at radius 2 is 1.95 bits per heavy atom. The second-order valence-electron chi connectivity index (χ2n) is 7.16.